The first kappa shape index (κ1) is 14.4. The lowest BCUT2D eigenvalue weighted by molar-refractivity contribution is 0.597. The molecule has 0 aliphatic heterocycles. The molecule has 0 aromatic heterocycles. The van der Waals surface area contributed by atoms with Crippen molar-refractivity contribution in [3.05, 3.63) is 36.4 Å². The number of hydrogen-bond acceptors (Lipinski definition) is 4. The summed E-state index contributed by atoms with van der Waals surface area (Å²) in [6, 6.07) is 12.8. The van der Waals surface area contributed by atoms with Gasteiger partial charge >= 0.3 is 0 Å². The third-order valence-electron chi connectivity index (χ3n) is 3.16. The van der Waals surface area contributed by atoms with Gasteiger partial charge in [0.2, 0.25) is 0 Å². The summed E-state index contributed by atoms with van der Waals surface area (Å²) in [6.07, 6.45) is 0.00604. The number of fused-ring (bicyclic) bond motifs is 1. The Labute approximate surface area is 119 Å². The predicted molar refractivity (Wildman–Crippen MR) is 80.6 cm³/mol. The molecule has 2 aromatic rings. The summed E-state index contributed by atoms with van der Waals surface area (Å²) in [7, 11) is 0.412. The largest absolute Gasteiger partial charge is 0.377 e. The number of sulfone groups is 1. The number of rotatable bonds is 4. The van der Waals surface area contributed by atoms with Crippen LogP contribution in [0.4, 0.5) is 5.69 Å². The van der Waals surface area contributed by atoms with Gasteiger partial charge in [0.1, 0.15) is 0 Å². The van der Waals surface area contributed by atoms with Crippen molar-refractivity contribution in [2.24, 2.45) is 0 Å². The van der Waals surface area contributed by atoms with Gasteiger partial charge in [-0.15, -0.1) is 0 Å². The summed E-state index contributed by atoms with van der Waals surface area (Å²) in [5.74, 6) is -0.144. The van der Waals surface area contributed by atoms with E-state index in [1.165, 1.54) is 0 Å². The fourth-order valence-electron chi connectivity index (χ4n) is 2.22. The standard InChI is InChI=1S/C15H16N2O2S/c1-17(2)14-8-3-7-13-12(14)6-4-9-15(13)20(18,19)11-5-10-16/h3-4,6-9H,5,11H2,1-2H3. The summed E-state index contributed by atoms with van der Waals surface area (Å²) in [4.78, 5) is 2.25. The molecule has 0 saturated carbocycles. The van der Waals surface area contributed by atoms with Crippen molar-refractivity contribution in [3.63, 3.8) is 0 Å². The normalized spacial score (nSPS) is 11.2. The highest BCUT2D eigenvalue weighted by Crippen LogP contribution is 2.30. The van der Waals surface area contributed by atoms with Crippen molar-refractivity contribution < 1.29 is 8.42 Å². The molecule has 0 radical (unpaired) electrons. The molecule has 0 spiro atoms. The average Bonchev–Trinajstić information content (AvgIpc) is 2.43. The first-order valence-corrected chi connectivity index (χ1v) is 7.91. The molecule has 0 atom stereocenters. The topological polar surface area (TPSA) is 61.2 Å². The molecule has 0 saturated heterocycles. The van der Waals surface area contributed by atoms with Gasteiger partial charge in [0.05, 0.1) is 16.7 Å². The molecule has 0 bridgehead atoms. The van der Waals surface area contributed by atoms with Crippen molar-refractivity contribution in [3.8, 4) is 6.07 Å². The number of hydrogen-bond donors (Lipinski definition) is 0. The molecular weight excluding hydrogens is 272 g/mol. The summed E-state index contributed by atoms with van der Waals surface area (Å²) in [5, 5.41) is 10.2. The van der Waals surface area contributed by atoms with Crippen molar-refractivity contribution in [2.45, 2.75) is 11.3 Å². The van der Waals surface area contributed by atoms with Gasteiger partial charge in [-0.3, -0.25) is 0 Å². The predicted octanol–water partition coefficient (Wildman–Crippen LogP) is 2.59. The van der Waals surface area contributed by atoms with E-state index in [2.05, 4.69) is 0 Å². The minimum Gasteiger partial charge on any atom is -0.377 e. The van der Waals surface area contributed by atoms with Crippen LogP contribution in [0.15, 0.2) is 41.3 Å². The van der Waals surface area contributed by atoms with Crippen LogP contribution in [0.1, 0.15) is 6.42 Å². The Bertz CT molecular complexity index is 774. The zero-order valence-electron chi connectivity index (χ0n) is 11.5. The zero-order chi connectivity index (χ0) is 14.8. The maximum Gasteiger partial charge on any atom is 0.180 e. The minimum absolute atomic E-state index is 0.00604. The molecule has 0 aliphatic carbocycles. The molecule has 0 amide bonds. The molecule has 0 fully saturated rings. The van der Waals surface area contributed by atoms with Gasteiger partial charge in [0.15, 0.2) is 9.84 Å². The summed E-state index contributed by atoms with van der Waals surface area (Å²) in [5.41, 5.74) is 0.972. The quantitative estimate of drug-likeness (QED) is 0.867. The molecule has 0 heterocycles. The monoisotopic (exact) mass is 288 g/mol. The van der Waals surface area contributed by atoms with Crippen LogP contribution in [0.5, 0.6) is 0 Å². The summed E-state index contributed by atoms with van der Waals surface area (Å²) >= 11 is 0. The van der Waals surface area contributed by atoms with Crippen LogP contribution in [0.25, 0.3) is 10.8 Å². The van der Waals surface area contributed by atoms with Gasteiger partial charge in [-0.05, 0) is 12.1 Å². The average molecular weight is 288 g/mol. The summed E-state index contributed by atoms with van der Waals surface area (Å²) < 4.78 is 24.6. The number of nitriles is 1. The SMILES string of the molecule is CN(C)c1cccc2c(S(=O)(=O)CCC#N)cccc12. The number of anilines is 1. The fourth-order valence-corrected chi connectivity index (χ4v) is 3.59. The molecule has 4 nitrogen and oxygen atoms in total. The van der Waals surface area contributed by atoms with E-state index in [-0.39, 0.29) is 12.2 Å². The molecule has 20 heavy (non-hydrogen) atoms. The van der Waals surface area contributed by atoms with Crippen LogP contribution in [0, 0.1) is 11.3 Å². The highest BCUT2D eigenvalue weighted by molar-refractivity contribution is 7.91. The molecule has 2 rings (SSSR count). The van der Waals surface area contributed by atoms with Crippen LogP contribution in [0.3, 0.4) is 0 Å². The molecular formula is C15H16N2O2S. The van der Waals surface area contributed by atoms with Gasteiger partial charge in [-0.25, -0.2) is 8.42 Å². The zero-order valence-corrected chi connectivity index (χ0v) is 12.3. The molecule has 0 N–H and O–H groups in total. The maximum atomic E-state index is 12.3. The van der Waals surface area contributed by atoms with Gasteiger partial charge in [-0.2, -0.15) is 5.26 Å². The van der Waals surface area contributed by atoms with E-state index in [9.17, 15) is 8.42 Å². The third-order valence-corrected chi connectivity index (χ3v) is 4.93. The van der Waals surface area contributed by atoms with E-state index in [1.54, 1.807) is 12.1 Å². The Morgan fingerprint density at radius 2 is 1.75 bits per heavy atom. The smallest absolute Gasteiger partial charge is 0.180 e. The molecule has 5 heteroatoms. The lowest BCUT2D eigenvalue weighted by Gasteiger charge is -2.16. The first-order chi connectivity index (χ1) is 9.47. The second-order valence-corrected chi connectivity index (χ2v) is 6.83. The van der Waals surface area contributed by atoms with Gasteiger partial charge in [0, 0.05) is 37.0 Å². The van der Waals surface area contributed by atoms with Crippen LogP contribution in [0.2, 0.25) is 0 Å². The molecule has 0 unspecified atom stereocenters. The Morgan fingerprint density at radius 1 is 1.10 bits per heavy atom. The van der Waals surface area contributed by atoms with E-state index < -0.39 is 9.84 Å². The Kier molecular flexibility index (Phi) is 3.96. The first-order valence-electron chi connectivity index (χ1n) is 6.26. The van der Waals surface area contributed by atoms with E-state index >= 15 is 0 Å². The molecule has 104 valence electrons. The minimum atomic E-state index is -3.43. The van der Waals surface area contributed by atoms with Crippen LogP contribution < -0.4 is 4.90 Å². The van der Waals surface area contributed by atoms with Crippen molar-refractivity contribution in [1.29, 1.82) is 5.26 Å². The van der Waals surface area contributed by atoms with E-state index in [0.717, 1.165) is 11.1 Å². The second-order valence-electron chi connectivity index (χ2n) is 4.75. The second kappa shape index (κ2) is 5.51. The van der Waals surface area contributed by atoms with Crippen LogP contribution >= 0.6 is 0 Å². The number of nitrogens with zero attached hydrogens (tertiary/aromatic N) is 2. The van der Waals surface area contributed by atoms with Crippen molar-refractivity contribution in [1.82, 2.24) is 0 Å². The highest BCUT2D eigenvalue weighted by Gasteiger charge is 2.18. The highest BCUT2D eigenvalue weighted by atomic mass is 32.2. The van der Waals surface area contributed by atoms with Crippen molar-refractivity contribution in [2.75, 3.05) is 24.7 Å². The van der Waals surface area contributed by atoms with E-state index in [1.807, 2.05) is 49.3 Å². The molecule has 0 aliphatic rings. The van der Waals surface area contributed by atoms with Gasteiger partial charge in [0.25, 0.3) is 0 Å². The van der Waals surface area contributed by atoms with Crippen LogP contribution in [-0.4, -0.2) is 28.3 Å². The lowest BCUT2D eigenvalue weighted by Crippen LogP contribution is -2.10. The van der Waals surface area contributed by atoms with Gasteiger partial charge < -0.3 is 4.90 Å². The Balaban J connectivity index is 2.68. The fraction of sp³-hybridized carbons (Fsp3) is 0.267. The maximum absolute atomic E-state index is 12.3. The van der Waals surface area contributed by atoms with Crippen molar-refractivity contribution >= 4 is 26.3 Å². The Morgan fingerprint density at radius 3 is 2.40 bits per heavy atom. The summed E-state index contributed by atoms with van der Waals surface area (Å²) in [6.45, 7) is 0. The lowest BCUT2D eigenvalue weighted by atomic mass is 10.1. The number of benzene rings is 2. The van der Waals surface area contributed by atoms with E-state index in [0.29, 0.717) is 10.3 Å². The van der Waals surface area contributed by atoms with Crippen LogP contribution in [-0.2, 0) is 9.84 Å². The third kappa shape index (κ3) is 2.61. The van der Waals surface area contributed by atoms with Gasteiger partial charge in [-0.1, -0.05) is 24.3 Å². The van der Waals surface area contributed by atoms with E-state index in [4.69, 9.17) is 5.26 Å². The molecule has 2 aromatic carbocycles. The Hall–Kier alpha value is -2.06.